The lowest BCUT2D eigenvalue weighted by Gasteiger charge is -2.08. The van der Waals surface area contributed by atoms with E-state index < -0.39 is 17.6 Å². The van der Waals surface area contributed by atoms with Crippen LogP contribution in [0.15, 0.2) is 42.5 Å². The lowest BCUT2D eigenvalue weighted by atomic mass is 10.0. The zero-order chi connectivity index (χ0) is 14.0. The summed E-state index contributed by atoms with van der Waals surface area (Å²) in [6.07, 6.45) is -4.40. The largest absolute Gasteiger partial charge is 0.416 e. The zero-order valence-electron chi connectivity index (χ0n) is 9.50. The summed E-state index contributed by atoms with van der Waals surface area (Å²) in [6, 6.07) is 9.79. The molecule has 0 unspecified atom stereocenters. The summed E-state index contributed by atoms with van der Waals surface area (Å²) in [5.41, 5.74) is 0.136. The molecule has 0 N–H and O–H groups in total. The van der Waals surface area contributed by atoms with Crippen molar-refractivity contribution < 1.29 is 17.6 Å². The van der Waals surface area contributed by atoms with E-state index in [0.717, 1.165) is 18.2 Å². The van der Waals surface area contributed by atoms with E-state index in [2.05, 4.69) is 0 Å². The molecular formula is C14H7F4N. The standard InChI is InChI=1S/C14H7F4N/c15-13-6-9(8-19)5-11(7-13)10-1-3-12(4-2-10)14(16,17)18/h1-7H. The van der Waals surface area contributed by atoms with E-state index in [1.165, 1.54) is 24.3 Å². The first-order valence-electron chi connectivity index (χ1n) is 5.28. The Bertz CT molecular complexity index is 636. The summed E-state index contributed by atoms with van der Waals surface area (Å²) in [5, 5.41) is 8.72. The molecule has 0 aliphatic heterocycles. The van der Waals surface area contributed by atoms with Crippen molar-refractivity contribution in [3.05, 3.63) is 59.4 Å². The second-order valence-corrected chi connectivity index (χ2v) is 3.92. The average Bonchev–Trinajstić information content (AvgIpc) is 2.37. The zero-order valence-corrected chi connectivity index (χ0v) is 9.50. The van der Waals surface area contributed by atoms with Crippen molar-refractivity contribution in [2.75, 3.05) is 0 Å². The number of nitriles is 1. The second-order valence-electron chi connectivity index (χ2n) is 3.92. The highest BCUT2D eigenvalue weighted by atomic mass is 19.4. The molecule has 2 rings (SSSR count). The first-order valence-corrected chi connectivity index (χ1v) is 5.28. The molecule has 0 saturated heterocycles. The third kappa shape index (κ3) is 2.91. The van der Waals surface area contributed by atoms with E-state index in [9.17, 15) is 17.6 Å². The molecule has 0 heterocycles. The van der Waals surface area contributed by atoms with Gasteiger partial charge in [0.15, 0.2) is 0 Å². The van der Waals surface area contributed by atoms with Gasteiger partial charge in [-0.25, -0.2) is 4.39 Å². The number of alkyl halides is 3. The summed E-state index contributed by atoms with van der Waals surface area (Å²) in [7, 11) is 0. The van der Waals surface area contributed by atoms with Crippen LogP contribution in [-0.2, 0) is 6.18 Å². The molecule has 0 aromatic heterocycles. The molecule has 0 aliphatic rings. The Balaban J connectivity index is 2.43. The first kappa shape index (κ1) is 13.1. The fourth-order valence-corrected chi connectivity index (χ4v) is 1.67. The topological polar surface area (TPSA) is 23.8 Å². The SMILES string of the molecule is N#Cc1cc(F)cc(-c2ccc(C(F)(F)F)cc2)c1. The van der Waals surface area contributed by atoms with Gasteiger partial charge in [0.2, 0.25) is 0 Å². The molecular weight excluding hydrogens is 258 g/mol. The molecule has 5 heteroatoms. The van der Waals surface area contributed by atoms with Crippen molar-refractivity contribution in [1.29, 1.82) is 5.26 Å². The molecule has 2 aromatic carbocycles. The monoisotopic (exact) mass is 265 g/mol. The number of halogens is 4. The molecule has 0 saturated carbocycles. The minimum absolute atomic E-state index is 0.120. The maximum Gasteiger partial charge on any atom is 0.416 e. The number of hydrogen-bond donors (Lipinski definition) is 0. The highest BCUT2D eigenvalue weighted by Crippen LogP contribution is 2.31. The maximum atomic E-state index is 13.2. The van der Waals surface area contributed by atoms with Crippen molar-refractivity contribution >= 4 is 0 Å². The van der Waals surface area contributed by atoms with Crippen molar-refractivity contribution in [3.8, 4) is 17.2 Å². The van der Waals surface area contributed by atoms with Gasteiger partial charge in [-0.3, -0.25) is 0 Å². The molecule has 0 spiro atoms. The molecule has 96 valence electrons. The Morgan fingerprint density at radius 1 is 0.895 bits per heavy atom. The summed E-state index contributed by atoms with van der Waals surface area (Å²) in [5.74, 6) is -0.603. The van der Waals surface area contributed by atoms with Gasteiger partial charge in [0, 0.05) is 0 Å². The van der Waals surface area contributed by atoms with E-state index in [4.69, 9.17) is 5.26 Å². The van der Waals surface area contributed by atoms with Crippen LogP contribution in [0.4, 0.5) is 17.6 Å². The van der Waals surface area contributed by atoms with Gasteiger partial charge in [0.25, 0.3) is 0 Å². The lowest BCUT2D eigenvalue weighted by Crippen LogP contribution is -2.04. The van der Waals surface area contributed by atoms with Crippen LogP contribution < -0.4 is 0 Å². The summed E-state index contributed by atoms with van der Waals surface area (Å²) in [6.45, 7) is 0. The van der Waals surface area contributed by atoms with E-state index in [1.807, 2.05) is 0 Å². The second kappa shape index (κ2) is 4.73. The van der Waals surface area contributed by atoms with Gasteiger partial charge in [-0.05, 0) is 41.5 Å². The van der Waals surface area contributed by atoms with Crippen LogP contribution in [0.5, 0.6) is 0 Å². The first-order chi connectivity index (χ1) is 8.90. The average molecular weight is 265 g/mol. The molecule has 0 radical (unpaired) electrons. The molecule has 0 amide bonds. The fourth-order valence-electron chi connectivity index (χ4n) is 1.67. The Kier molecular flexibility index (Phi) is 3.26. The van der Waals surface area contributed by atoms with Crippen LogP contribution in [-0.4, -0.2) is 0 Å². The molecule has 2 aromatic rings. The van der Waals surface area contributed by atoms with E-state index >= 15 is 0 Å². The van der Waals surface area contributed by atoms with Crippen molar-refractivity contribution in [3.63, 3.8) is 0 Å². The molecule has 0 aliphatic carbocycles. The van der Waals surface area contributed by atoms with Crippen molar-refractivity contribution in [2.45, 2.75) is 6.18 Å². The van der Waals surface area contributed by atoms with Crippen molar-refractivity contribution in [1.82, 2.24) is 0 Å². The fraction of sp³-hybridized carbons (Fsp3) is 0.0714. The lowest BCUT2D eigenvalue weighted by molar-refractivity contribution is -0.137. The normalized spacial score (nSPS) is 11.1. The van der Waals surface area contributed by atoms with Gasteiger partial charge < -0.3 is 0 Å². The molecule has 1 nitrogen and oxygen atoms in total. The van der Waals surface area contributed by atoms with Crippen LogP contribution in [0.3, 0.4) is 0 Å². The summed E-state index contributed by atoms with van der Waals surface area (Å²) >= 11 is 0. The Hall–Kier alpha value is -2.35. The Morgan fingerprint density at radius 2 is 1.53 bits per heavy atom. The quantitative estimate of drug-likeness (QED) is 0.702. The van der Waals surface area contributed by atoms with E-state index in [1.54, 1.807) is 6.07 Å². The highest BCUT2D eigenvalue weighted by molar-refractivity contribution is 5.65. The number of benzene rings is 2. The van der Waals surface area contributed by atoms with Crippen LogP contribution >= 0.6 is 0 Å². The molecule has 0 bridgehead atoms. The smallest absolute Gasteiger partial charge is 0.207 e. The van der Waals surface area contributed by atoms with Gasteiger partial charge in [0.05, 0.1) is 17.2 Å². The maximum absolute atomic E-state index is 13.2. The van der Waals surface area contributed by atoms with Gasteiger partial charge in [-0.2, -0.15) is 18.4 Å². The Morgan fingerprint density at radius 3 is 2.05 bits per heavy atom. The van der Waals surface area contributed by atoms with Gasteiger partial charge in [0.1, 0.15) is 5.82 Å². The number of nitrogens with zero attached hydrogens (tertiary/aromatic N) is 1. The minimum atomic E-state index is -4.40. The van der Waals surface area contributed by atoms with Crippen molar-refractivity contribution in [2.24, 2.45) is 0 Å². The third-order valence-corrected chi connectivity index (χ3v) is 2.57. The number of hydrogen-bond acceptors (Lipinski definition) is 1. The molecule has 0 fully saturated rings. The predicted octanol–water partition coefficient (Wildman–Crippen LogP) is 4.38. The van der Waals surface area contributed by atoms with E-state index in [-0.39, 0.29) is 5.56 Å². The Labute approximate surface area is 106 Å². The molecule has 19 heavy (non-hydrogen) atoms. The summed E-state index contributed by atoms with van der Waals surface area (Å²) in [4.78, 5) is 0. The van der Waals surface area contributed by atoms with Crippen LogP contribution in [0.2, 0.25) is 0 Å². The van der Waals surface area contributed by atoms with E-state index in [0.29, 0.717) is 11.1 Å². The highest BCUT2D eigenvalue weighted by Gasteiger charge is 2.29. The minimum Gasteiger partial charge on any atom is -0.207 e. The van der Waals surface area contributed by atoms with Gasteiger partial charge in [-0.1, -0.05) is 12.1 Å². The van der Waals surface area contributed by atoms with Gasteiger partial charge >= 0.3 is 6.18 Å². The van der Waals surface area contributed by atoms with Crippen LogP contribution in [0.25, 0.3) is 11.1 Å². The summed E-state index contributed by atoms with van der Waals surface area (Å²) < 4.78 is 50.4. The van der Waals surface area contributed by atoms with Crippen LogP contribution in [0, 0.1) is 17.1 Å². The number of rotatable bonds is 1. The predicted molar refractivity (Wildman–Crippen MR) is 61.6 cm³/mol. The molecule has 0 atom stereocenters. The van der Waals surface area contributed by atoms with Crippen LogP contribution in [0.1, 0.15) is 11.1 Å². The van der Waals surface area contributed by atoms with Gasteiger partial charge in [-0.15, -0.1) is 0 Å². The third-order valence-electron chi connectivity index (χ3n) is 2.57.